The maximum atomic E-state index is 5.84. The summed E-state index contributed by atoms with van der Waals surface area (Å²) in [6, 6.07) is 7.87. The van der Waals surface area contributed by atoms with E-state index in [0.29, 0.717) is 5.82 Å². The molecule has 0 bridgehead atoms. The molecule has 3 heterocycles. The van der Waals surface area contributed by atoms with E-state index in [1.165, 1.54) is 11.8 Å². The molecule has 21 heavy (non-hydrogen) atoms. The van der Waals surface area contributed by atoms with E-state index in [0.717, 1.165) is 26.6 Å². The van der Waals surface area contributed by atoms with Gasteiger partial charge in [0, 0.05) is 17.8 Å². The van der Waals surface area contributed by atoms with Gasteiger partial charge in [-0.25, -0.2) is 19.9 Å². The number of para-hydroxylation sites is 1. The highest BCUT2D eigenvalue weighted by Gasteiger charge is 2.11. The lowest BCUT2D eigenvalue weighted by atomic mass is 10.2. The summed E-state index contributed by atoms with van der Waals surface area (Å²) in [5, 5.41) is 2.55. The molecule has 6 nitrogen and oxygen atoms in total. The Balaban J connectivity index is 1.89. The van der Waals surface area contributed by atoms with Crippen molar-refractivity contribution < 1.29 is 0 Å². The minimum atomic E-state index is 0.446. The number of anilines is 1. The highest BCUT2D eigenvalue weighted by Crippen LogP contribution is 2.32. The number of hydrogen-bond donors (Lipinski definition) is 1. The number of benzene rings is 1. The zero-order valence-corrected chi connectivity index (χ0v) is 11.7. The molecule has 4 rings (SSSR count). The van der Waals surface area contributed by atoms with Crippen LogP contribution in [0.25, 0.3) is 16.6 Å². The SMILES string of the molecule is Nc1cn2ccnc2c(Sc2ncnc3ccccc23)n1. The van der Waals surface area contributed by atoms with E-state index >= 15 is 0 Å². The van der Waals surface area contributed by atoms with Crippen LogP contribution < -0.4 is 5.73 Å². The van der Waals surface area contributed by atoms with Crippen LogP contribution in [0.4, 0.5) is 5.82 Å². The number of nitrogens with two attached hydrogens (primary N) is 1. The van der Waals surface area contributed by atoms with Crippen LogP contribution in [0.5, 0.6) is 0 Å². The largest absolute Gasteiger partial charge is 0.382 e. The topological polar surface area (TPSA) is 82.0 Å². The second kappa shape index (κ2) is 4.71. The van der Waals surface area contributed by atoms with Gasteiger partial charge in [0.25, 0.3) is 0 Å². The Bertz CT molecular complexity index is 943. The van der Waals surface area contributed by atoms with Crippen LogP contribution in [-0.4, -0.2) is 24.3 Å². The molecular weight excluding hydrogens is 284 g/mol. The lowest BCUT2D eigenvalue weighted by Gasteiger charge is -2.06. The quantitative estimate of drug-likeness (QED) is 0.572. The molecule has 1 aromatic carbocycles. The molecule has 102 valence electrons. The van der Waals surface area contributed by atoms with Gasteiger partial charge in [-0.15, -0.1) is 0 Å². The molecule has 0 aliphatic heterocycles. The summed E-state index contributed by atoms with van der Waals surface area (Å²) in [7, 11) is 0. The van der Waals surface area contributed by atoms with Crippen molar-refractivity contribution in [1.82, 2.24) is 24.3 Å². The molecule has 7 heteroatoms. The summed E-state index contributed by atoms with van der Waals surface area (Å²) in [5.41, 5.74) is 7.51. The van der Waals surface area contributed by atoms with E-state index in [1.807, 2.05) is 34.9 Å². The van der Waals surface area contributed by atoms with Crippen molar-refractivity contribution in [1.29, 1.82) is 0 Å². The summed E-state index contributed by atoms with van der Waals surface area (Å²) in [5.74, 6) is 0.446. The van der Waals surface area contributed by atoms with Crippen molar-refractivity contribution in [2.75, 3.05) is 5.73 Å². The molecule has 0 atom stereocenters. The molecule has 0 spiro atoms. The Hall–Kier alpha value is -2.67. The van der Waals surface area contributed by atoms with Gasteiger partial charge in [0.2, 0.25) is 0 Å². The molecule has 0 saturated carbocycles. The number of hydrogen-bond acceptors (Lipinski definition) is 6. The third-order valence-electron chi connectivity index (χ3n) is 3.06. The van der Waals surface area contributed by atoms with Gasteiger partial charge in [0.1, 0.15) is 22.2 Å². The average Bonchev–Trinajstić information content (AvgIpc) is 2.96. The van der Waals surface area contributed by atoms with Crippen molar-refractivity contribution >= 4 is 34.1 Å². The summed E-state index contributed by atoms with van der Waals surface area (Å²) < 4.78 is 1.86. The zero-order chi connectivity index (χ0) is 14.2. The van der Waals surface area contributed by atoms with Gasteiger partial charge < -0.3 is 10.1 Å². The number of imidazole rings is 1. The van der Waals surface area contributed by atoms with E-state index in [1.54, 1.807) is 18.7 Å². The molecule has 0 radical (unpaired) electrons. The molecule has 0 fully saturated rings. The number of nitrogen functional groups attached to an aromatic ring is 1. The van der Waals surface area contributed by atoms with Crippen LogP contribution in [0.3, 0.4) is 0 Å². The fourth-order valence-corrected chi connectivity index (χ4v) is 3.11. The first-order valence-electron chi connectivity index (χ1n) is 6.28. The Morgan fingerprint density at radius 3 is 2.90 bits per heavy atom. The van der Waals surface area contributed by atoms with Gasteiger partial charge in [0.05, 0.1) is 11.7 Å². The maximum absolute atomic E-state index is 5.84. The van der Waals surface area contributed by atoms with Gasteiger partial charge in [-0.2, -0.15) is 0 Å². The molecule has 0 amide bonds. The van der Waals surface area contributed by atoms with Crippen molar-refractivity contribution in [2.24, 2.45) is 0 Å². The van der Waals surface area contributed by atoms with Crippen molar-refractivity contribution in [3.05, 3.63) is 49.2 Å². The Labute approximate surface area is 124 Å². The standard InChI is InChI=1S/C14H10N6S/c15-11-7-20-6-5-16-12(20)14(19-11)21-13-9-3-1-2-4-10(9)17-8-18-13/h1-8H,15H2. The minimum Gasteiger partial charge on any atom is -0.382 e. The van der Waals surface area contributed by atoms with Crippen LogP contribution in [0.15, 0.2) is 59.2 Å². The average molecular weight is 294 g/mol. The molecule has 2 N–H and O–H groups in total. The van der Waals surface area contributed by atoms with Gasteiger partial charge >= 0.3 is 0 Å². The lowest BCUT2D eigenvalue weighted by molar-refractivity contribution is 1.03. The van der Waals surface area contributed by atoms with Crippen LogP contribution >= 0.6 is 11.8 Å². The van der Waals surface area contributed by atoms with Crippen molar-refractivity contribution in [2.45, 2.75) is 10.1 Å². The number of fused-ring (bicyclic) bond motifs is 2. The zero-order valence-electron chi connectivity index (χ0n) is 10.8. The lowest BCUT2D eigenvalue weighted by Crippen LogP contribution is -1.98. The van der Waals surface area contributed by atoms with Gasteiger partial charge in [-0.1, -0.05) is 18.2 Å². The Morgan fingerprint density at radius 1 is 1.05 bits per heavy atom. The third kappa shape index (κ3) is 2.07. The normalized spacial score (nSPS) is 11.2. The molecule has 3 aromatic heterocycles. The van der Waals surface area contributed by atoms with Crippen LogP contribution in [0.1, 0.15) is 0 Å². The second-order valence-corrected chi connectivity index (χ2v) is 5.40. The van der Waals surface area contributed by atoms with Gasteiger partial charge in [-0.05, 0) is 17.8 Å². The highest BCUT2D eigenvalue weighted by atomic mass is 32.2. The fraction of sp³-hybridized carbons (Fsp3) is 0. The molecule has 4 aromatic rings. The van der Waals surface area contributed by atoms with E-state index in [-0.39, 0.29) is 0 Å². The molecule has 0 aliphatic rings. The first-order chi connectivity index (χ1) is 10.3. The summed E-state index contributed by atoms with van der Waals surface area (Å²) in [6.45, 7) is 0. The van der Waals surface area contributed by atoms with Crippen molar-refractivity contribution in [3.63, 3.8) is 0 Å². The van der Waals surface area contributed by atoms with Crippen LogP contribution in [-0.2, 0) is 0 Å². The fourth-order valence-electron chi connectivity index (χ4n) is 2.14. The third-order valence-corrected chi connectivity index (χ3v) is 4.05. The Kier molecular flexibility index (Phi) is 2.71. The predicted molar refractivity (Wildman–Crippen MR) is 81.1 cm³/mol. The smallest absolute Gasteiger partial charge is 0.170 e. The molecular formula is C14H10N6S. The monoisotopic (exact) mass is 294 g/mol. The Morgan fingerprint density at radius 2 is 1.95 bits per heavy atom. The highest BCUT2D eigenvalue weighted by molar-refractivity contribution is 7.99. The molecule has 0 saturated heterocycles. The van der Waals surface area contributed by atoms with Gasteiger partial charge in [0.15, 0.2) is 5.65 Å². The van der Waals surface area contributed by atoms with E-state index in [9.17, 15) is 0 Å². The van der Waals surface area contributed by atoms with Crippen LogP contribution in [0, 0.1) is 0 Å². The first kappa shape index (κ1) is 12.1. The number of nitrogens with zero attached hydrogens (tertiary/aromatic N) is 5. The first-order valence-corrected chi connectivity index (χ1v) is 7.10. The molecule has 0 unspecified atom stereocenters. The van der Waals surface area contributed by atoms with Crippen LogP contribution in [0.2, 0.25) is 0 Å². The second-order valence-electron chi connectivity index (χ2n) is 4.43. The number of aromatic nitrogens is 5. The van der Waals surface area contributed by atoms with E-state index in [4.69, 9.17) is 5.73 Å². The molecule has 0 aliphatic carbocycles. The predicted octanol–water partition coefficient (Wildman–Crippen LogP) is 2.41. The van der Waals surface area contributed by atoms with Crippen molar-refractivity contribution in [3.8, 4) is 0 Å². The summed E-state index contributed by atoms with van der Waals surface area (Å²) >= 11 is 1.44. The van der Waals surface area contributed by atoms with E-state index in [2.05, 4.69) is 19.9 Å². The maximum Gasteiger partial charge on any atom is 0.170 e. The minimum absolute atomic E-state index is 0.446. The summed E-state index contributed by atoms with van der Waals surface area (Å²) in [4.78, 5) is 17.3. The number of rotatable bonds is 2. The van der Waals surface area contributed by atoms with Gasteiger partial charge in [-0.3, -0.25) is 0 Å². The summed E-state index contributed by atoms with van der Waals surface area (Å²) in [6.07, 6.45) is 6.86. The van der Waals surface area contributed by atoms with E-state index < -0.39 is 0 Å².